The highest BCUT2D eigenvalue weighted by molar-refractivity contribution is 7.99. The summed E-state index contributed by atoms with van der Waals surface area (Å²) in [6.07, 6.45) is 1.38. The van der Waals surface area contributed by atoms with Crippen molar-refractivity contribution in [1.29, 1.82) is 0 Å². The van der Waals surface area contributed by atoms with Gasteiger partial charge in [0, 0.05) is 22.9 Å². The molecule has 0 fully saturated rings. The quantitative estimate of drug-likeness (QED) is 0.168. The number of aromatic nitrogens is 3. The molecule has 188 valence electrons. The van der Waals surface area contributed by atoms with Gasteiger partial charge in [-0.15, -0.1) is 21.5 Å². The third kappa shape index (κ3) is 7.60. The van der Waals surface area contributed by atoms with Crippen molar-refractivity contribution in [3.63, 3.8) is 0 Å². The van der Waals surface area contributed by atoms with Crippen molar-refractivity contribution in [2.24, 2.45) is 0 Å². The first-order chi connectivity index (χ1) is 16.8. The van der Waals surface area contributed by atoms with Crippen LogP contribution in [0.1, 0.15) is 41.3 Å². The second-order valence-corrected chi connectivity index (χ2v) is 10.4. The van der Waals surface area contributed by atoms with E-state index in [0.29, 0.717) is 51.1 Å². The van der Waals surface area contributed by atoms with Crippen LogP contribution in [0.25, 0.3) is 0 Å². The van der Waals surface area contributed by atoms with Crippen LogP contribution in [0.2, 0.25) is 10.0 Å². The van der Waals surface area contributed by atoms with Crippen molar-refractivity contribution in [3.05, 3.63) is 50.6 Å². The molecule has 3 aromatic rings. The molecule has 0 saturated carbocycles. The SMILES string of the molecule is CCOC(=O)c1cc(C)sc1NC(=O)CSc1nnc(CCCOc2ccc(Cl)cc2Cl)n1CC. The smallest absolute Gasteiger partial charge is 0.341 e. The van der Waals surface area contributed by atoms with Gasteiger partial charge in [0.25, 0.3) is 0 Å². The summed E-state index contributed by atoms with van der Waals surface area (Å²) in [7, 11) is 0. The second-order valence-electron chi connectivity index (χ2n) is 7.33. The van der Waals surface area contributed by atoms with Crippen molar-refractivity contribution in [2.45, 2.75) is 45.3 Å². The summed E-state index contributed by atoms with van der Waals surface area (Å²) >= 11 is 14.7. The van der Waals surface area contributed by atoms with Crippen molar-refractivity contribution in [1.82, 2.24) is 14.8 Å². The minimum Gasteiger partial charge on any atom is -0.492 e. The van der Waals surface area contributed by atoms with Gasteiger partial charge in [-0.05, 0) is 51.5 Å². The number of benzene rings is 1. The van der Waals surface area contributed by atoms with Gasteiger partial charge >= 0.3 is 5.97 Å². The topological polar surface area (TPSA) is 95.3 Å². The van der Waals surface area contributed by atoms with E-state index in [1.165, 1.54) is 23.1 Å². The Morgan fingerprint density at radius 1 is 1.20 bits per heavy atom. The Hall–Kier alpha value is -2.27. The van der Waals surface area contributed by atoms with Crippen LogP contribution in [0.4, 0.5) is 5.00 Å². The Morgan fingerprint density at radius 2 is 2.00 bits per heavy atom. The molecule has 0 unspecified atom stereocenters. The Kier molecular flexibility index (Phi) is 10.3. The zero-order chi connectivity index (χ0) is 25.4. The maximum absolute atomic E-state index is 12.6. The van der Waals surface area contributed by atoms with E-state index in [-0.39, 0.29) is 18.3 Å². The van der Waals surface area contributed by atoms with E-state index in [9.17, 15) is 9.59 Å². The average Bonchev–Trinajstić information content (AvgIpc) is 3.38. The van der Waals surface area contributed by atoms with Crippen LogP contribution in [-0.2, 0) is 22.5 Å². The van der Waals surface area contributed by atoms with Gasteiger partial charge in [-0.3, -0.25) is 4.79 Å². The molecule has 2 aromatic heterocycles. The number of thiophene rings is 1. The number of halogens is 2. The summed E-state index contributed by atoms with van der Waals surface area (Å²) in [5.74, 6) is 0.859. The Labute approximate surface area is 222 Å². The first-order valence-corrected chi connectivity index (χ1v) is 13.6. The van der Waals surface area contributed by atoms with Gasteiger partial charge in [-0.1, -0.05) is 35.0 Å². The van der Waals surface area contributed by atoms with Crippen LogP contribution in [0.15, 0.2) is 29.4 Å². The number of amides is 1. The molecule has 1 aromatic carbocycles. The monoisotopic (exact) mass is 556 g/mol. The van der Waals surface area contributed by atoms with E-state index in [1.54, 1.807) is 31.2 Å². The molecule has 2 heterocycles. The lowest BCUT2D eigenvalue weighted by Crippen LogP contribution is -2.16. The predicted molar refractivity (Wildman–Crippen MR) is 140 cm³/mol. The fourth-order valence-corrected chi connectivity index (χ4v) is 5.39. The van der Waals surface area contributed by atoms with E-state index in [1.807, 2.05) is 18.4 Å². The van der Waals surface area contributed by atoms with Crippen molar-refractivity contribution in [2.75, 3.05) is 24.3 Å². The maximum Gasteiger partial charge on any atom is 0.341 e. The standard InChI is InChI=1S/C23H26Cl2N4O4S2/c1-4-29-19(7-6-10-33-18-9-8-15(24)12-17(18)25)27-28-23(29)34-13-20(30)26-21-16(11-14(3)35-21)22(31)32-5-2/h8-9,11-12H,4-7,10,13H2,1-3H3,(H,26,30). The molecule has 0 aliphatic rings. The fraction of sp³-hybridized carbons (Fsp3) is 0.391. The highest BCUT2D eigenvalue weighted by Crippen LogP contribution is 2.29. The minimum absolute atomic E-state index is 0.134. The van der Waals surface area contributed by atoms with Gasteiger partial charge in [0.15, 0.2) is 5.16 Å². The molecule has 1 N–H and O–H groups in total. The van der Waals surface area contributed by atoms with Gasteiger partial charge in [0.05, 0.1) is 29.6 Å². The van der Waals surface area contributed by atoms with E-state index in [2.05, 4.69) is 15.5 Å². The van der Waals surface area contributed by atoms with Crippen LogP contribution in [-0.4, -0.2) is 45.6 Å². The second kappa shape index (κ2) is 13.2. The number of thioether (sulfide) groups is 1. The summed E-state index contributed by atoms with van der Waals surface area (Å²) in [5.41, 5.74) is 0.369. The van der Waals surface area contributed by atoms with E-state index < -0.39 is 5.97 Å². The largest absolute Gasteiger partial charge is 0.492 e. The molecule has 0 atom stereocenters. The van der Waals surface area contributed by atoms with E-state index in [0.717, 1.165) is 17.1 Å². The number of aryl methyl sites for hydroxylation is 2. The molecular formula is C23H26Cl2N4O4S2. The van der Waals surface area contributed by atoms with Crippen LogP contribution in [0, 0.1) is 6.92 Å². The number of rotatable bonds is 12. The van der Waals surface area contributed by atoms with Crippen LogP contribution < -0.4 is 10.1 Å². The summed E-state index contributed by atoms with van der Waals surface area (Å²) in [5, 5.41) is 13.5. The molecule has 0 aliphatic heterocycles. The molecule has 0 bridgehead atoms. The fourth-order valence-electron chi connectivity index (χ4n) is 3.19. The number of hydrogen-bond donors (Lipinski definition) is 1. The van der Waals surface area contributed by atoms with Gasteiger partial charge in [-0.2, -0.15) is 0 Å². The van der Waals surface area contributed by atoms with Gasteiger partial charge < -0.3 is 19.4 Å². The van der Waals surface area contributed by atoms with E-state index >= 15 is 0 Å². The number of carbonyl (C=O) groups excluding carboxylic acids is 2. The summed E-state index contributed by atoms with van der Waals surface area (Å²) < 4.78 is 12.8. The first-order valence-electron chi connectivity index (χ1n) is 11.0. The van der Waals surface area contributed by atoms with Gasteiger partial charge in [0.1, 0.15) is 16.6 Å². The molecule has 3 rings (SSSR count). The van der Waals surface area contributed by atoms with Crippen LogP contribution in [0.5, 0.6) is 5.75 Å². The van der Waals surface area contributed by atoms with Gasteiger partial charge in [-0.25, -0.2) is 4.79 Å². The zero-order valence-corrected chi connectivity index (χ0v) is 22.7. The third-order valence-corrected chi connectivity index (χ3v) is 7.20. The Morgan fingerprint density at radius 3 is 2.71 bits per heavy atom. The molecule has 1 amide bonds. The van der Waals surface area contributed by atoms with Crippen LogP contribution in [0.3, 0.4) is 0 Å². The lowest BCUT2D eigenvalue weighted by atomic mass is 10.3. The van der Waals surface area contributed by atoms with Crippen molar-refractivity contribution in [3.8, 4) is 5.75 Å². The molecular weight excluding hydrogens is 531 g/mol. The molecule has 0 aliphatic carbocycles. The van der Waals surface area contributed by atoms with Gasteiger partial charge in [0.2, 0.25) is 5.91 Å². The first kappa shape index (κ1) is 27.3. The van der Waals surface area contributed by atoms with Crippen molar-refractivity contribution >= 4 is 63.2 Å². The summed E-state index contributed by atoms with van der Waals surface area (Å²) in [6.45, 7) is 7.03. The number of nitrogens with one attached hydrogen (secondary N) is 1. The molecule has 0 saturated heterocycles. The molecule has 12 heteroatoms. The van der Waals surface area contributed by atoms with Crippen molar-refractivity contribution < 1.29 is 19.1 Å². The zero-order valence-electron chi connectivity index (χ0n) is 19.6. The Bertz CT molecular complexity index is 1180. The maximum atomic E-state index is 12.6. The highest BCUT2D eigenvalue weighted by atomic mass is 35.5. The number of carbonyl (C=O) groups is 2. The third-order valence-electron chi connectivity index (χ3n) is 4.74. The lowest BCUT2D eigenvalue weighted by Gasteiger charge is -2.09. The minimum atomic E-state index is -0.447. The number of anilines is 1. The number of nitrogens with zero attached hydrogens (tertiary/aromatic N) is 3. The molecule has 0 radical (unpaired) electrons. The summed E-state index contributed by atoms with van der Waals surface area (Å²) in [4.78, 5) is 25.6. The number of ether oxygens (including phenoxy) is 2. The molecule has 0 spiro atoms. The number of hydrogen-bond acceptors (Lipinski definition) is 8. The average molecular weight is 558 g/mol. The normalized spacial score (nSPS) is 10.9. The van der Waals surface area contributed by atoms with Crippen LogP contribution >= 0.6 is 46.3 Å². The number of esters is 1. The Balaban J connectivity index is 1.52. The molecule has 8 nitrogen and oxygen atoms in total. The van der Waals surface area contributed by atoms with E-state index in [4.69, 9.17) is 32.7 Å². The lowest BCUT2D eigenvalue weighted by molar-refractivity contribution is -0.113. The predicted octanol–water partition coefficient (Wildman–Crippen LogP) is 5.89. The molecule has 35 heavy (non-hydrogen) atoms. The summed E-state index contributed by atoms with van der Waals surface area (Å²) in [6, 6.07) is 6.83. The highest BCUT2D eigenvalue weighted by Gasteiger charge is 2.19.